The summed E-state index contributed by atoms with van der Waals surface area (Å²) in [7, 11) is 0. The molecule has 0 bridgehead atoms. The third-order valence-corrected chi connectivity index (χ3v) is 4.82. The molecule has 0 saturated heterocycles. The van der Waals surface area contributed by atoms with Gasteiger partial charge in [0.05, 0.1) is 5.02 Å². The number of carbonyl (C=O) groups excluding carboxylic acids is 1. The third kappa shape index (κ3) is 2.99. The first kappa shape index (κ1) is 15.7. The molecule has 0 aliphatic carbocycles. The van der Waals surface area contributed by atoms with Crippen LogP contribution in [0.1, 0.15) is 16.1 Å². The average Bonchev–Trinajstić information content (AvgIpc) is 2.99. The van der Waals surface area contributed by atoms with E-state index in [0.29, 0.717) is 17.3 Å². The first-order valence-electron chi connectivity index (χ1n) is 8.25. The SMILES string of the molecule is O=C(NCCc1cccc2ccccc12)c1[nH]c2ccccc2c1Cl. The second-order valence-corrected chi connectivity index (χ2v) is 6.38. The minimum atomic E-state index is -0.179. The minimum Gasteiger partial charge on any atom is -0.350 e. The molecule has 2 N–H and O–H groups in total. The molecule has 0 radical (unpaired) electrons. The van der Waals surface area contributed by atoms with Crippen molar-refractivity contribution in [2.24, 2.45) is 0 Å². The standard InChI is InChI=1S/C21H17ClN2O/c22-19-17-10-3-4-11-18(17)24-20(19)21(25)23-13-12-15-8-5-7-14-6-1-2-9-16(14)15/h1-11,24H,12-13H2,(H,23,25). The molecule has 1 amide bonds. The molecule has 4 heteroatoms. The molecule has 0 unspecified atom stereocenters. The molecule has 1 aromatic heterocycles. The zero-order valence-corrected chi connectivity index (χ0v) is 14.3. The number of aromatic nitrogens is 1. The van der Waals surface area contributed by atoms with Gasteiger partial charge in [-0.2, -0.15) is 0 Å². The number of hydrogen-bond donors (Lipinski definition) is 2. The number of para-hydroxylation sites is 1. The van der Waals surface area contributed by atoms with Crippen molar-refractivity contribution in [2.75, 3.05) is 6.54 Å². The summed E-state index contributed by atoms with van der Waals surface area (Å²) >= 11 is 6.33. The van der Waals surface area contributed by atoms with Gasteiger partial charge >= 0.3 is 0 Å². The van der Waals surface area contributed by atoms with E-state index in [4.69, 9.17) is 11.6 Å². The molecule has 0 aliphatic heterocycles. The Morgan fingerprint density at radius 1 is 0.920 bits per heavy atom. The van der Waals surface area contributed by atoms with E-state index in [1.54, 1.807) is 0 Å². The van der Waals surface area contributed by atoms with Crippen LogP contribution in [-0.4, -0.2) is 17.4 Å². The lowest BCUT2D eigenvalue weighted by atomic mass is 10.0. The lowest BCUT2D eigenvalue weighted by Gasteiger charge is -2.08. The van der Waals surface area contributed by atoms with Gasteiger partial charge in [-0.05, 0) is 28.8 Å². The Bertz CT molecular complexity index is 1060. The minimum absolute atomic E-state index is 0.179. The number of carbonyl (C=O) groups is 1. The van der Waals surface area contributed by atoms with Crippen LogP contribution in [0, 0.1) is 0 Å². The highest BCUT2D eigenvalue weighted by atomic mass is 35.5. The summed E-state index contributed by atoms with van der Waals surface area (Å²) in [5.74, 6) is -0.179. The Morgan fingerprint density at radius 2 is 1.64 bits per heavy atom. The van der Waals surface area contributed by atoms with E-state index in [1.165, 1.54) is 16.3 Å². The highest BCUT2D eigenvalue weighted by molar-refractivity contribution is 6.38. The zero-order chi connectivity index (χ0) is 17.2. The molecule has 4 aromatic rings. The van der Waals surface area contributed by atoms with Crippen molar-refractivity contribution in [1.82, 2.24) is 10.3 Å². The molecular formula is C21H17ClN2O. The van der Waals surface area contributed by atoms with Crippen LogP contribution in [0.2, 0.25) is 5.02 Å². The number of amides is 1. The fourth-order valence-electron chi connectivity index (χ4n) is 3.17. The van der Waals surface area contributed by atoms with Gasteiger partial charge < -0.3 is 10.3 Å². The molecule has 124 valence electrons. The lowest BCUT2D eigenvalue weighted by molar-refractivity contribution is 0.0950. The number of aromatic amines is 1. The average molecular weight is 349 g/mol. The van der Waals surface area contributed by atoms with E-state index >= 15 is 0 Å². The summed E-state index contributed by atoms with van der Waals surface area (Å²) in [5.41, 5.74) is 2.51. The maximum absolute atomic E-state index is 12.5. The van der Waals surface area contributed by atoms with Crippen molar-refractivity contribution in [3.05, 3.63) is 83.0 Å². The van der Waals surface area contributed by atoms with Crippen LogP contribution >= 0.6 is 11.6 Å². The first-order valence-corrected chi connectivity index (χ1v) is 8.63. The predicted octanol–water partition coefficient (Wildman–Crippen LogP) is 4.95. The Balaban J connectivity index is 1.49. The van der Waals surface area contributed by atoms with Crippen LogP contribution in [-0.2, 0) is 6.42 Å². The molecule has 0 spiro atoms. The van der Waals surface area contributed by atoms with Gasteiger partial charge in [0.25, 0.3) is 5.91 Å². The molecule has 0 fully saturated rings. The van der Waals surface area contributed by atoms with E-state index in [1.807, 2.05) is 42.5 Å². The molecule has 0 atom stereocenters. The van der Waals surface area contributed by atoms with E-state index in [2.05, 4.69) is 34.6 Å². The van der Waals surface area contributed by atoms with E-state index in [9.17, 15) is 4.79 Å². The van der Waals surface area contributed by atoms with Gasteiger partial charge in [-0.3, -0.25) is 4.79 Å². The second kappa shape index (κ2) is 6.61. The highest BCUT2D eigenvalue weighted by Crippen LogP contribution is 2.27. The van der Waals surface area contributed by atoms with E-state index in [-0.39, 0.29) is 5.91 Å². The van der Waals surface area contributed by atoms with Crippen LogP contribution < -0.4 is 5.32 Å². The van der Waals surface area contributed by atoms with Gasteiger partial charge in [0, 0.05) is 17.4 Å². The number of nitrogens with one attached hydrogen (secondary N) is 2. The second-order valence-electron chi connectivity index (χ2n) is 6.00. The van der Waals surface area contributed by atoms with Crippen LogP contribution in [0.3, 0.4) is 0 Å². The van der Waals surface area contributed by atoms with Crippen LogP contribution in [0.5, 0.6) is 0 Å². The Hall–Kier alpha value is -2.78. The Labute approximate surface area is 150 Å². The lowest BCUT2D eigenvalue weighted by Crippen LogP contribution is -2.26. The molecule has 1 heterocycles. The number of H-pyrrole nitrogens is 1. The zero-order valence-electron chi connectivity index (χ0n) is 13.6. The van der Waals surface area contributed by atoms with Crippen LogP contribution in [0.4, 0.5) is 0 Å². The van der Waals surface area contributed by atoms with Gasteiger partial charge in [-0.1, -0.05) is 72.3 Å². The van der Waals surface area contributed by atoms with Crippen LogP contribution in [0.15, 0.2) is 66.7 Å². The fraction of sp³-hybridized carbons (Fsp3) is 0.0952. The van der Waals surface area contributed by atoms with Crippen LogP contribution in [0.25, 0.3) is 21.7 Å². The topological polar surface area (TPSA) is 44.9 Å². The molecule has 3 aromatic carbocycles. The summed E-state index contributed by atoms with van der Waals surface area (Å²) in [4.78, 5) is 15.6. The third-order valence-electron chi connectivity index (χ3n) is 4.43. The number of benzene rings is 3. The number of halogens is 1. The van der Waals surface area contributed by atoms with Crippen molar-refractivity contribution in [2.45, 2.75) is 6.42 Å². The van der Waals surface area contributed by atoms with Crippen molar-refractivity contribution in [1.29, 1.82) is 0 Å². The van der Waals surface area contributed by atoms with Gasteiger partial charge in [-0.25, -0.2) is 0 Å². The van der Waals surface area contributed by atoms with Gasteiger partial charge in [0.1, 0.15) is 5.69 Å². The van der Waals surface area contributed by atoms with Gasteiger partial charge in [-0.15, -0.1) is 0 Å². The summed E-state index contributed by atoms with van der Waals surface area (Å²) in [6.07, 6.45) is 0.769. The summed E-state index contributed by atoms with van der Waals surface area (Å²) in [6.45, 7) is 0.554. The maximum Gasteiger partial charge on any atom is 0.269 e. The summed E-state index contributed by atoms with van der Waals surface area (Å²) in [5, 5.41) is 6.73. The van der Waals surface area contributed by atoms with Gasteiger partial charge in [0.15, 0.2) is 0 Å². The van der Waals surface area contributed by atoms with E-state index in [0.717, 1.165) is 17.3 Å². The number of rotatable bonds is 4. The molecule has 25 heavy (non-hydrogen) atoms. The highest BCUT2D eigenvalue weighted by Gasteiger charge is 2.15. The molecule has 3 nitrogen and oxygen atoms in total. The largest absolute Gasteiger partial charge is 0.350 e. The van der Waals surface area contributed by atoms with Crippen molar-refractivity contribution < 1.29 is 4.79 Å². The quantitative estimate of drug-likeness (QED) is 0.538. The van der Waals surface area contributed by atoms with Crippen molar-refractivity contribution >= 4 is 39.2 Å². The Kier molecular flexibility index (Phi) is 4.16. The molecular weight excluding hydrogens is 332 g/mol. The molecule has 0 saturated carbocycles. The molecule has 4 rings (SSSR count). The smallest absolute Gasteiger partial charge is 0.269 e. The fourth-order valence-corrected chi connectivity index (χ4v) is 3.47. The predicted molar refractivity (Wildman–Crippen MR) is 103 cm³/mol. The monoisotopic (exact) mass is 348 g/mol. The summed E-state index contributed by atoms with van der Waals surface area (Å²) < 4.78 is 0. The molecule has 0 aliphatic rings. The number of fused-ring (bicyclic) bond motifs is 2. The summed E-state index contributed by atoms with van der Waals surface area (Å²) in [6, 6.07) is 22.2. The number of hydrogen-bond acceptors (Lipinski definition) is 1. The maximum atomic E-state index is 12.5. The van der Waals surface area contributed by atoms with E-state index < -0.39 is 0 Å². The van der Waals surface area contributed by atoms with Crippen molar-refractivity contribution in [3.63, 3.8) is 0 Å². The van der Waals surface area contributed by atoms with Crippen molar-refractivity contribution in [3.8, 4) is 0 Å². The normalized spacial score (nSPS) is 11.1. The van der Waals surface area contributed by atoms with Gasteiger partial charge in [0.2, 0.25) is 0 Å². The Morgan fingerprint density at radius 3 is 2.48 bits per heavy atom. The first-order chi connectivity index (χ1) is 12.2.